The van der Waals surface area contributed by atoms with E-state index in [9.17, 15) is 4.79 Å². The fourth-order valence-electron chi connectivity index (χ4n) is 2.48. The molecule has 2 aromatic carbocycles. The largest absolute Gasteiger partial charge is 0.376 e. The molecule has 3 aromatic rings. The van der Waals surface area contributed by atoms with Crippen molar-refractivity contribution in [2.75, 3.05) is 36.2 Å². The Morgan fingerprint density at radius 1 is 1.04 bits per heavy atom. The minimum Gasteiger partial charge on any atom is -0.376 e. The number of hydrogen-bond acceptors (Lipinski definition) is 6. The molecule has 2 N–H and O–H groups in total. The average molecular weight is 377 g/mol. The maximum Gasteiger partial charge on any atom is 0.250 e. The normalized spacial score (nSPS) is 10.4. The summed E-state index contributed by atoms with van der Waals surface area (Å²) in [6, 6.07) is 19.0. The lowest BCUT2D eigenvalue weighted by Gasteiger charge is -2.13. The zero-order valence-corrected chi connectivity index (χ0v) is 15.9. The third-order valence-corrected chi connectivity index (χ3v) is 3.94. The Hall–Kier alpha value is -3.45. The van der Waals surface area contributed by atoms with Crippen LogP contribution >= 0.6 is 0 Å². The highest BCUT2D eigenvalue weighted by Gasteiger charge is 2.04. The predicted octanol–water partition coefficient (Wildman–Crippen LogP) is 3.44. The van der Waals surface area contributed by atoms with E-state index in [2.05, 4.69) is 20.8 Å². The van der Waals surface area contributed by atoms with Gasteiger partial charge in [0, 0.05) is 31.5 Å². The van der Waals surface area contributed by atoms with Crippen LogP contribution in [0.1, 0.15) is 5.56 Å². The molecule has 1 aromatic heterocycles. The summed E-state index contributed by atoms with van der Waals surface area (Å²) in [6.45, 7) is 0.409. The summed E-state index contributed by atoms with van der Waals surface area (Å²) in [6.07, 6.45) is 1.70. The number of carbonyl (C=O) groups excluding carboxylic acids is 1. The summed E-state index contributed by atoms with van der Waals surface area (Å²) in [7, 11) is 3.89. The second-order valence-electron chi connectivity index (χ2n) is 6.42. The highest BCUT2D eigenvalue weighted by molar-refractivity contribution is 5.91. The molecule has 0 saturated carbocycles. The second kappa shape index (κ2) is 9.48. The van der Waals surface area contributed by atoms with Gasteiger partial charge in [0.05, 0.1) is 18.5 Å². The number of benzene rings is 2. The van der Waals surface area contributed by atoms with Crippen LogP contribution in [0.15, 0.2) is 66.9 Å². The lowest BCUT2D eigenvalue weighted by atomic mass is 10.2. The molecule has 3 rings (SSSR count). The van der Waals surface area contributed by atoms with E-state index >= 15 is 0 Å². The lowest BCUT2D eigenvalue weighted by Crippen LogP contribution is -2.18. The fraction of sp³-hybridized carbons (Fsp3) is 0.190. The Morgan fingerprint density at radius 2 is 1.75 bits per heavy atom. The number of amides is 1. The molecule has 1 amide bonds. The van der Waals surface area contributed by atoms with Gasteiger partial charge in [-0.15, -0.1) is 5.10 Å². The topological polar surface area (TPSA) is 79.4 Å². The van der Waals surface area contributed by atoms with Gasteiger partial charge in [0.15, 0.2) is 5.82 Å². The van der Waals surface area contributed by atoms with Crippen molar-refractivity contribution in [1.29, 1.82) is 0 Å². The molecular formula is C21H23N5O2. The van der Waals surface area contributed by atoms with Gasteiger partial charge in [-0.1, -0.05) is 30.3 Å². The summed E-state index contributed by atoms with van der Waals surface area (Å²) in [5, 5.41) is 14.1. The van der Waals surface area contributed by atoms with Gasteiger partial charge in [-0.25, -0.2) is 0 Å². The molecule has 0 spiro atoms. The summed E-state index contributed by atoms with van der Waals surface area (Å²) >= 11 is 0. The van der Waals surface area contributed by atoms with Crippen molar-refractivity contribution in [2.45, 2.75) is 6.61 Å². The fourth-order valence-corrected chi connectivity index (χ4v) is 2.48. The van der Waals surface area contributed by atoms with Crippen LogP contribution in [-0.2, 0) is 16.1 Å². The van der Waals surface area contributed by atoms with Crippen molar-refractivity contribution in [1.82, 2.24) is 10.2 Å². The van der Waals surface area contributed by atoms with Crippen LogP contribution in [-0.4, -0.2) is 36.8 Å². The minimum absolute atomic E-state index is 0.00180. The van der Waals surface area contributed by atoms with Crippen molar-refractivity contribution < 1.29 is 9.53 Å². The van der Waals surface area contributed by atoms with Crippen molar-refractivity contribution >= 4 is 28.8 Å². The molecule has 7 nitrogen and oxygen atoms in total. The zero-order chi connectivity index (χ0) is 19.8. The Balaban J connectivity index is 1.48. The summed E-state index contributed by atoms with van der Waals surface area (Å²) < 4.78 is 5.44. The average Bonchev–Trinajstić information content (AvgIpc) is 2.70. The van der Waals surface area contributed by atoms with Crippen LogP contribution in [0.5, 0.6) is 0 Å². The van der Waals surface area contributed by atoms with Crippen molar-refractivity contribution in [3.05, 3.63) is 72.4 Å². The molecule has 0 atom stereocenters. The molecule has 7 heteroatoms. The van der Waals surface area contributed by atoms with Crippen LogP contribution in [0.3, 0.4) is 0 Å². The molecule has 0 fully saturated rings. The quantitative estimate of drug-likeness (QED) is 0.626. The van der Waals surface area contributed by atoms with Gasteiger partial charge < -0.3 is 20.3 Å². The van der Waals surface area contributed by atoms with E-state index < -0.39 is 0 Å². The number of ether oxygens (including phenoxy) is 1. The first-order valence-electron chi connectivity index (χ1n) is 8.89. The van der Waals surface area contributed by atoms with Gasteiger partial charge in [-0.2, -0.15) is 5.10 Å². The van der Waals surface area contributed by atoms with Gasteiger partial charge in [-0.05, 0) is 29.8 Å². The molecule has 1 heterocycles. The number of nitrogens with one attached hydrogen (secondary N) is 2. The molecule has 28 heavy (non-hydrogen) atoms. The van der Waals surface area contributed by atoms with E-state index in [0.29, 0.717) is 18.1 Å². The molecule has 0 aliphatic carbocycles. The maximum atomic E-state index is 12.0. The molecule has 0 aliphatic rings. The van der Waals surface area contributed by atoms with Crippen molar-refractivity contribution in [3.63, 3.8) is 0 Å². The molecule has 0 aliphatic heterocycles. The van der Waals surface area contributed by atoms with E-state index in [0.717, 1.165) is 16.9 Å². The van der Waals surface area contributed by atoms with Crippen molar-refractivity contribution in [2.24, 2.45) is 0 Å². The highest BCUT2D eigenvalue weighted by Crippen LogP contribution is 2.20. The maximum absolute atomic E-state index is 12.0. The number of hydrogen-bond donors (Lipinski definition) is 2. The Kier molecular flexibility index (Phi) is 6.54. The Labute approximate surface area is 164 Å². The van der Waals surface area contributed by atoms with Crippen LogP contribution in [0.4, 0.5) is 22.9 Å². The first-order chi connectivity index (χ1) is 13.6. The molecule has 0 radical (unpaired) electrons. The Morgan fingerprint density at radius 3 is 2.46 bits per heavy atom. The number of carbonyl (C=O) groups is 1. The number of anilines is 4. The molecule has 0 bridgehead atoms. The number of rotatable bonds is 8. The highest BCUT2D eigenvalue weighted by atomic mass is 16.5. The van der Waals surface area contributed by atoms with E-state index in [1.54, 1.807) is 6.20 Å². The first kappa shape index (κ1) is 19.3. The number of nitrogens with zero attached hydrogens (tertiary/aromatic N) is 3. The molecule has 0 unspecified atom stereocenters. The Bertz CT molecular complexity index is 898. The predicted molar refractivity (Wildman–Crippen MR) is 111 cm³/mol. The van der Waals surface area contributed by atoms with Gasteiger partial charge in [0.2, 0.25) is 5.91 Å². The van der Waals surface area contributed by atoms with Crippen LogP contribution < -0.4 is 15.5 Å². The number of aromatic nitrogens is 2. The van der Waals surface area contributed by atoms with E-state index in [4.69, 9.17) is 4.74 Å². The van der Waals surface area contributed by atoms with Gasteiger partial charge >= 0.3 is 0 Å². The van der Waals surface area contributed by atoms with Gasteiger partial charge in [0.1, 0.15) is 6.61 Å². The monoisotopic (exact) mass is 377 g/mol. The van der Waals surface area contributed by atoms with Gasteiger partial charge in [-0.3, -0.25) is 4.79 Å². The van der Waals surface area contributed by atoms with E-state index in [1.165, 1.54) is 0 Å². The van der Waals surface area contributed by atoms with E-state index in [1.807, 2.05) is 79.7 Å². The summed E-state index contributed by atoms with van der Waals surface area (Å²) in [5.74, 6) is 0.457. The van der Waals surface area contributed by atoms with Crippen LogP contribution in [0, 0.1) is 0 Å². The van der Waals surface area contributed by atoms with Crippen LogP contribution in [0.25, 0.3) is 0 Å². The molecule has 0 saturated heterocycles. The minimum atomic E-state index is -0.193. The van der Waals surface area contributed by atoms with Crippen LogP contribution in [0.2, 0.25) is 0 Å². The molecule has 144 valence electrons. The van der Waals surface area contributed by atoms with Crippen molar-refractivity contribution in [3.8, 4) is 0 Å². The second-order valence-corrected chi connectivity index (χ2v) is 6.42. The lowest BCUT2D eigenvalue weighted by molar-refractivity contribution is -0.121. The molecular weight excluding hydrogens is 354 g/mol. The summed E-state index contributed by atoms with van der Waals surface area (Å²) in [4.78, 5) is 14.0. The third kappa shape index (κ3) is 5.78. The third-order valence-electron chi connectivity index (χ3n) is 3.94. The first-order valence-corrected chi connectivity index (χ1v) is 8.89. The summed E-state index contributed by atoms with van der Waals surface area (Å²) in [5.41, 5.74) is 3.54. The smallest absolute Gasteiger partial charge is 0.250 e. The standard InChI is InChI=1S/C21H23N5O2/c1-26(2)19-12-20(25-22-13-19)23-17-8-10-18(11-9-17)24-21(27)15-28-14-16-6-4-3-5-7-16/h3-13H,14-15H2,1-2H3,(H,23,25)(H,24,27). The zero-order valence-electron chi connectivity index (χ0n) is 15.9. The van der Waals surface area contributed by atoms with Gasteiger partial charge in [0.25, 0.3) is 0 Å². The van der Waals surface area contributed by atoms with E-state index in [-0.39, 0.29) is 12.5 Å². The SMILES string of the molecule is CN(C)c1cnnc(Nc2ccc(NC(=O)COCc3ccccc3)cc2)c1.